The van der Waals surface area contributed by atoms with Crippen LogP contribution in [0.1, 0.15) is 59.6 Å². The van der Waals surface area contributed by atoms with E-state index in [9.17, 15) is 14.2 Å². The van der Waals surface area contributed by atoms with Crippen molar-refractivity contribution in [3.63, 3.8) is 0 Å². The SMILES string of the molecule is CC.CC.CC(C)(c1ccccc1)P(C)(C)=O.CC(O)(c1ccccc1)P(C)(C)=O. The summed E-state index contributed by atoms with van der Waals surface area (Å²) in [5, 5.41) is 8.63. The van der Waals surface area contributed by atoms with Gasteiger partial charge in [-0.05, 0) is 58.6 Å². The third-order valence-electron chi connectivity index (χ3n) is 5.20. The predicted molar refractivity (Wildman–Crippen MR) is 137 cm³/mol. The summed E-state index contributed by atoms with van der Waals surface area (Å²) in [4.78, 5) is 0. The number of aliphatic hydroxyl groups is 1. The maximum atomic E-state index is 12.0. The van der Waals surface area contributed by atoms with Crippen LogP contribution in [0.3, 0.4) is 0 Å². The van der Waals surface area contributed by atoms with Crippen molar-refractivity contribution < 1.29 is 14.2 Å². The zero-order valence-electron chi connectivity index (χ0n) is 20.9. The molecule has 0 spiro atoms. The molecule has 0 amide bonds. The second-order valence-electron chi connectivity index (χ2n) is 8.01. The van der Waals surface area contributed by atoms with Gasteiger partial charge in [0.2, 0.25) is 0 Å². The molecule has 1 atom stereocenters. The lowest BCUT2D eigenvalue weighted by Gasteiger charge is -2.29. The van der Waals surface area contributed by atoms with Crippen LogP contribution in [-0.2, 0) is 19.6 Å². The van der Waals surface area contributed by atoms with E-state index in [1.807, 2.05) is 103 Å². The van der Waals surface area contributed by atoms with Crippen molar-refractivity contribution in [3.8, 4) is 0 Å². The lowest BCUT2D eigenvalue weighted by Crippen LogP contribution is -2.20. The molecule has 0 saturated carbocycles. The third kappa shape index (κ3) is 8.93. The average Bonchev–Trinajstić information content (AvgIpc) is 2.71. The summed E-state index contributed by atoms with van der Waals surface area (Å²) in [6.45, 7) is 20.6. The van der Waals surface area contributed by atoms with E-state index >= 15 is 0 Å². The molecule has 1 N–H and O–H groups in total. The quantitative estimate of drug-likeness (QED) is 0.475. The monoisotopic (exact) mass is 454 g/mol. The van der Waals surface area contributed by atoms with Crippen LogP contribution in [0.25, 0.3) is 0 Å². The molecule has 0 aliphatic heterocycles. The number of benzene rings is 2. The molecule has 172 valence electrons. The molecule has 30 heavy (non-hydrogen) atoms. The van der Waals surface area contributed by atoms with Gasteiger partial charge >= 0.3 is 0 Å². The minimum atomic E-state index is -2.53. The van der Waals surface area contributed by atoms with E-state index in [0.717, 1.165) is 5.56 Å². The Morgan fingerprint density at radius 3 is 1.17 bits per heavy atom. The van der Waals surface area contributed by atoms with E-state index in [-0.39, 0.29) is 5.16 Å². The van der Waals surface area contributed by atoms with Gasteiger partial charge in [-0.1, -0.05) is 88.4 Å². The van der Waals surface area contributed by atoms with Gasteiger partial charge in [0, 0.05) is 5.16 Å². The molecule has 0 fully saturated rings. The van der Waals surface area contributed by atoms with Crippen LogP contribution in [0.15, 0.2) is 60.7 Å². The molecular weight excluding hydrogens is 410 g/mol. The Bertz CT molecular complexity index is 716. The first-order valence-electron chi connectivity index (χ1n) is 10.6. The molecule has 0 saturated heterocycles. The van der Waals surface area contributed by atoms with E-state index < -0.39 is 19.6 Å². The summed E-state index contributed by atoms with van der Waals surface area (Å²) in [5.41, 5.74) is 1.87. The molecule has 0 heterocycles. The van der Waals surface area contributed by atoms with Crippen molar-refractivity contribution in [2.24, 2.45) is 0 Å². The summed E-state index contributed by atoms with van der Waals surface area (Å²) < 4.78 is 23.8. The predicted octanol–water partition coefficient (Wildman–Crippen LogP) is 8.07. The fraction of sp³-hybridized carbons (Fsp3) is 0.520. The van der Waals surface area contributed by atoms with E-state index in [0.29, 0.717) is 5.56 Å². The molecular formula is C25H44O3P2. The molecule has 0 bridgehead atoms. The highest BCUT2D eigenvalue weighted by Gasteiger charge is 2.36. The molecule has 2 aromatic carbocycles. The van der Waals surface area contributed by atoms with E-state index in [1.165, 1.54) is 0 Å². The second kappa shape index (κ2) is 13.3. The van der Waals surface area contributed by atoms with Crippen LogP contribution in [0, 0.1) is 0 Å². The van der Waals surface area contributed by atoms with Crippen LogP contribution in [0.2, 0.25) is 0 Å². The van der Waals surface area contributed by atoms with Gasteiger partial charge in [0.05, 0.1) is 7.14 Å². The average molecular weight is 455 g/mol. The molecule has 0 aliphatic rings. The topological polar surface area (TPSA) is 54.4 Å². The standard InChI is InChI=1S/C11H17OP.C10H15O2P.2C2H6/c1-11(2,13(3,4)12)10-8-6-5-7-9-10;1-10(11,13(2,3)12)9-7-5-4-6-8-9;2*1-2/h5-9H,1-4H3;4-8,11H,1-3H3;2*1-2H3. The Labute approximate surface area is 186 Å². The second-order valence-corrected chi connectivity index (χ2v) is 15.4. The van der Waals surface area contributed by atoms with Gasteiger partial charge in [-0.3, -0.25) is 0 Å². The van der Waals surface area contributed by atoms with Crippen LogP contribution in [-0.4, -0.2) is 31.8 Å². The first kappa shape index (κ1) is 31.0. The Morgan fingerprint density at radius 2 is 0.900 bits per heavy atom. The molecule has 2 aromatic rings. The third-order valence-corrected chi connectivity index (χ3v) is 10.5. The number of hydrogen-bond donors (Lipinski definition) is 1. The summed E-state index contributed by atoms with van der Waals surface area (Å²) >= 11 is 0. The first-order valence-corrected chi connectivity index (χ1v) is 15.8. The highest BCUT2D eigenvalue weighted by molar-refractivity contribution is 7.63. The zero-order valence-corrected chi connectivity index (χ0v) is 22.7. The van der Waals surface area contributed by atoms with Crippen LogP contribution in [0.4, 0.5) is 0 Å². The molecule has 3 nitrogen and oxygen atoms in total. The summed E-state index contributed by atoms with van der Waals surface area (Å²) in [7, 11) is -4.63. The summed E-state index contributed by atoms with van der Waals surface area (Å²) in [5.74, 6) is 0. The Morgan fingerprint density at radius 1 is 0.600 bits per heavy atom. The van der Waals surface area contributed by atoms with E-state index in [1.54, 1.807) is 32.4 Å². The fourth-order valence-corrected chi connectivity index (χ4v) is 3.76. The van der Waals surface area contributed by atoms with Gasteiger partial charge in [0.1, 0.15) is 12.5 Å². The van der Waals surface area contributed by atoms with Crippen molar-refractivity contribution in [1.82, 2.24) is 0 Å². The van der Waals surface area contributed by atoms with Crippen LogP contribution in [0.5, 0.6) is 0 Å². The number of rotatable bonds is 4. The van der Waals surface area contributed by atoms with Crippen molar-refractivity contribution >= 4 is 14.3 Å². The van der Waals surface area contributed by atoms with Gasteiger partial charge in [0.15, 0.2) is 0 Å². The van der Waals surface area contributed by atoms with E-state index in [2.05, 4.69) is 0 Å². The minimum Gasteiger partial charge on any atom is -0.378 e. The van der Waals surface area contributed by atoms with Gasteiger partial charge in [-0.15, -0.1) is 0 Å². The van der Waals surface area contributed by atoms with Gasteiger partial charge in [-0.2, -0.15) is 0 Å². The lowest BCUT2D eigenvalue weighted by atomic mass is 10.0. The fourth-order valence-electron chi connectivity index (χ4n) is 2.22. The molecule has 1 unspecified atom stereocenters. The van der Waals surface area contributed by atoms with Crippen molar-refractivity contribution in [2.45, 2.75) is 59.0 Å². The van der Waals surface area contributed by atoms with Gasteiger partial charge in [0.25, 0.3) is 0 Å². The highest BCUT2D eigenvalue weighted by atomic mass is 31.2. The maximum absolute atomic E-state index is 12.0. The Hall–Kier alpha value is -1.14. The molecule has 0 aliphatic carbocycles. The first-order chi connectivity index (χ1) is 13.7. The molecule has 0 aromatic heterocycles. The van der Waals surface area contributed by atoms with Crippen molar-refractivity contribution in [3.05, 3.63) is 71.8 Å². The smallest absolute Gasteiger partial charge is 0.139 e. The van der Waals surface area contributed by atoms with Crippen molar-refractivity contribution in [1.29, 1.82) is 0 Å². The normalized spacial score (nSPS) is 13.2. The van der Waals surface area contributed by atoms with Gasteiger partial charge < -0.3 is 14.2 Å². The summed E-state index contributed by atoms with van der Waals surface area (Å²) in [6, 6.07) is 19.2. The van der Waals surface area contributed by atoms with Crippen molar-refractivity contribution in [2.75, 3.05) is 26.7 Å². The van der Waals surface area contributed by atoms with Crippen LogP contribution >= 0.6 is 14.3 Å². The molecule has 2 rings (SSSR count). The zero-order chi connectivity index (χ0) is 24.2. The minimum absolute atomic E-state index is 0.214. The Balaban J connectivity index is 0. The maximum Gasteiger partial charge on any atom is 0.139 e. The summed E-state index contributed by atoms with van der Waals surface area (Å²) in [6.07, 6.45) is 0. The largest absolute Gasteiger partial charge is 0.378 e. The number of hydrogen-bond acceptors (Lipinski definition) is 3. The van der Waals surface area contributed by atoms with E-state index in [4.69, 9.17) is 0 Å². The van der Waals surface area contributed by atoms with Gasteiger partial charge in [-0.25, -0.2) is 0 Å². The highest BCUT2D eigenvalue weighted by Crippen LogP contribution is 2.57. The van der Waals surface area contributed by atoms with Crippen LogP contribution < -0.4 is 0 Å². The molecule has 0 radical (unpaired) electrons. The Kier molecular flexibility index (Phi) is 13.8. The lowest BCUT2D eigenvalue weighted by molar-refractivity contribution is 0.144. The molecule has 5 heteroatoms.